The van der Waals surface area contributed by atoms with Crippen LogP contribution in [0.3, 0.4) is 0 Å². The number of carboxylic acid groups (broad SMARTS) is 1. The summed E-state index contributed by atoms with van der Waals surface area (Å²) in [6.45, 7) is 6.22. The van der Waals surface area contributed by atoms with Gasteiger partial charge < -0.3 is 10.0 Å². The summed E-state index contributed by atoms with van der Waals surface area (Å²) in [5, 5.41) is 10.5. The van der Waals surface area contributed by atoms with E-state index in [0.29, 0.717) is 35.1 Å². The van der Waals surface area contributed by atoms with E-state index in [1.165, 1.54) is 16.7 Å². The molecule has 1 unspecified atom stereocenters. The molecule has 0 spiro atoms. The van der Waals surface area contributed by atoms with E-state index in [1.807, 2.05) is 69.3 Å². The van der Waals surface area contributed by atoms with E-state index in [2.05, 4.69) is 12.1 Å². The second-order valence-electron chi connectivity index (χ2n) is 9.00. The van der Waals surface area contributed by atoms with Crippen LogP contribution in [-0.4, -0.2) is 32.2 Å². The molecule has 0 radical (unpaired) electrons. The van der Waals surface area contributed by atoms with Gasteiger partial charge in [-0.1, -0.05) is 81.1 Å². The smallest absolute Gasteiger partial charge is 0.407 e. The number of rotatable bonds is 4. The van der Waals surface area contributed by atoms with Crippen molar-refractivity contribution >= 4 is 17.9 Å². The number of hydrogen-bond donors (Lipinski definition) is 1. The first-order chi connectivity index (χ1) is 15.3. The number of aromatic nitrogens is 2. The summed E-state index contributed by atoms with van der Waals surface area (Å²) in [5.74, 6) is 0.683. The molecule has 3 aromatic rings. The van der Waals surface area contributed by atoms with Crippen LogP contribution in [0, 0.1) is 5.41 Å². The Morgan fingerprint density at radius 2 is 1.72 bits per heavy atom. The van der Waals surface area contributed by atoms with Crippen molar-refractivity contribution in [2.75, 3.05) is 6.54 Å². The van der Waals surface area contributed by atoms with Crippen molar-refractivity contribution in [1.29, 1.82) is 0 Å². The van der Waals surface area contributed by atoms with Crippen LogP contribution in [0.1, 0.15) is 43.6 Å². The maximum Gasteiger partial charge on any atom is 0.407 e. The minimum atomic E-state index is -1.01. The van der Waals surface area contributed by atoms with Gasteiger partial charge in [-0.3, -0.25) is 9.36 Å². The molecule has 0 fully saturated rings. The fourth-order valence-corrected chi connectivity index (χ4v) is 5.24. The van der Waals surface area contributed by atoms with Gasteiger partial charge in [-0.25, -0.2) is 9.78 Å². The zero-order valence-electron chi connectivity index (χ0n) is 18.5. The van der Waals surface area contributed by atoms with Crippen molar-refractivity contribution in [3.8, 4) is 5.69 Å². The molecule has 0 bridgehead atoms. The molecule has 2 heterocycles. The lowest BCUT2D eigenvalue weighted by Crippen LogP contribution is -2.48. The van der Waals surface area contributed by atoms with Gasteiger partial charge in [-0.2, -0.15) is 0 Å². The number of benzene rings is 2. The molecule has 166 valence electrons. The zero-order chi connectivity index (χ0) is 22.9. The molecule has 1 aromatic heterocycles. The molecule has 1 N–H and O–H groups in total. The molecule has 7 heteroatoms. The summed E-state index contributed by atoms with van der Waals surface area (Å²) < 4.78 is 1.64. The molecule has 0 saturated carbocycles. The predicted molar refractivity (Wildman–Crippen MR) is 126 cm³/mol. The number of nitrogens with zero attached hydrogens (tertiary/aromatic N) is 3. The van der Waals surface area contributed by atoms with Gasteiger partial charge in [0.25, 0.3) is 5.56 Å². The van der Waals surface area contributed by atoms with Gasteiger partial charge in [0.2, 0.25) is 0 Å². The Morgan fingerprint density at radius 1 is 1.09 bits per heavy atom. The van der Waals surface area contributed by atoms with Crippen molar-refractivity contribution in [3.05, 3.63) is 87.8 Å². The molecule has 4 rings (SSSR count). The van der Waals surface area contributed by atoms with Gasteiger partial charge in [0.1, 0.15) is 0 Å². The minimum absolute atomic E-state index is 0.192. The highest BCUT2D eigenvalue weighted by Crippen LogP contribution is 2.41. The molecule has 1 aliphatic heterocycles. The third-order valence-corrected chi connectivity index (χ3v) is 6.64. The normalized spacial score (nSPS) is 16.0. The second kappa shape index (κ2) is 8.82. The molecule has 1 amide bonds. The Hall–Kier alpha value is -3.06. The maximum atomic E-state index is 14.0. The molecule has 32 heavy (non-hydrogen) atoms. The number of hydrogen-bond acceptors (Lipinski definition) is 4. The minimum Gasteiger partial charge on any atom is -0.465 e. The number of para-hydroxylation sites is 1. The summed E-state index contributed by atoms with van der Waals surface area (Å²) >= 11 is 1.52. The molecule has 1 aliphatic rings. The van der Waals surface area contributed by atoms with Gasteiger partial charge in [0.05, 0.1) is 23.0 Å². The third-order valence-electron chi connectivity index (χ3n) is 5.63. The highest BCUT2D eigenvalue weighted by atomic mass is 32.2. The summed E-state index contributed by atoms with van der Waals surface area (Å²) in [5.41, 5.74) is 2.41. The summed E-state index contributed by atoms with van der Waals surface area (Å²) in [6, 6.07) is 18.9. The Kier molecular flexibility index (Phi) is 6.11. The quantitative estimate of drug-likeness (QED) is 0.440. The Labute approximate surface area is 191 Å². The Balaban J connectivity index is 1.89. The van der Waals surface area contributed by atoms with Crippen LogP contribution in [0.25, 0.3) is 5.69 Å². The number of carbonyl (C=O) groups is 1. The van der Waals surface area contributed by atoms with Crippen LogP contribution < -0.4 is 5.56 Å². The van der Waals surface area contributed by atoms with Crippen molar-refractivity contribution in [3.63, 3.8) is 0 Å². The van der Waals surface area contributed by atoms with E-state index < -0.39 is 17.6 Å². The van der Waals surface area contributed by atoms with E-state index in [4.69, 9.17) is 4.98 Å². The van der Waals surface area contributed by atoms with Gasteiger partial charge in [-0.15, -0.1) is 0 Å². The van der Waals surface area contributed by atoms with Gasteiger partial charge >= 0.3 is 6.09 Å². The van der Waals surface area contributed by atoms with Gasteiger partial charge in [0.15, 0.2) is 5.16 Å². The lowest BCUT2D eigenvalue weighted by Gasteiger charge is -2.42. The van der Waals surface area contributed by atoms with Crippen LogP contribution in [0.5, 0.6) is 0 Å². The summed E-state index contributed by atoms with van der Waals surface area (Å²) in [6.07, 6.45) is -0.582. The van der Waals surface area contributed by atoms with Crippen molar-refractivity contribution < 1.29 is 9.90 Å². The Morgan fingerprint density at radius 3 is 2.31 bits per heavy atom. The van der Waals surface area contributed by atoms with Crippen LogP contribution in [0.4, 0.5) is 4.79 Å². The first-order valence-electron chi connectivity index (χ1n) is 10.6. The van der Waals surface area contributed by atoms with E-state index in [9.17, 15) is 14.7 Å². The molecular formula is C25H27N3O3S. The van der Waals surface area contributed by atoms with Crippen LogP contribution in [0.15, 0.2) is 70.6 Å². The number of amides is 1. The van der Waals surface area contributed by atoms with E-state index in [-0.39, 0.29) is 5.56 Å². The first-order valence-corrected chi connectivity index (χ1v) is 11.6. The largest absolute Gasteiger partial charge is 0.465 e. The van der Waals surface area contributed by atoms with Crippen LogP contribution in [0.2, 0.25) is 0 Å². The van der Waals surface area contributed by atoms with Crippen LogP contribution >= 0.6 is 11.8 Å². The molecule has 2 aromatic carbocycles. The third kappa shape index (κ3) is 4.30. The average molecular weight is 450 g/mol. The van der Waals surface area contributed by atoms with E-state index in [1.54, 1.807) is 4.57 Å². The van der Waals surface area contributed by atoms with Crippen molar-refractivity contribution in [2.24, 2.45) is 5.41 Å². The van der Waals surface area contributed by atoms with E-state index in [0.717, 1.165) is 11.3 Å². The fourth-order valence-electron chi connectivity index (χ4n) is 4.26. The fraction of sp³-hybridized carbons (Fsp3) is 0.320. The summed E-state index contributed by atoms with van der Waals surface area (Å²) in [4.78, 5) is 32.3. The lowest BCUT2D eigenvalue weighted by molar-refractivity contribution is 0.0738. The highest BCUT2D eigenvalue weighted by Gasteiger charge is 2.42. The predicted octanol–water partition coefficient (Wildman–Crippen LogP) is 5.15. The topological polar surface area (TPSA) is 75.4 Å². The lowest BCUT2D eigenvalue weighted by atomic mass is 9.79. The molecule has 6 nitrogen and oxygen atoms in total. The molecule has 0 saturated heterocycles. The SMILES string of the molecule is CC(C)(C)C1c2c(nc(SCc3ccccc3)n(-c3ccccc3)c2=O)CCN1C(=O)O. The van der Waals surface area contributed by atoms with Crippen LogP contribution in [-0.2, 0) is 12.2 Å². The molecular weight excluding hydrogens is 422 g/mol. The van der Waals surface area contributed by atoms with Gasteiger partial charge in [0, 0.05) is 18.7 Å². The Bertz CT molecular complexity index is 1170. The average Bonchev–Trinajstić information content (AvgIpc) is 2.77. The molecule has 1 atom stereocenters. The van der Waals surface area contributed by atoms with Crippen molar-refractivity contribution in [2.45, 2.75) is 44.1 Å². The van der Waals surface area contributed by atoms with E-state index >= 15 is 0 Å². The number of thioether (sulfide) groups is 1. The zero-order valence-corrected chi connectivity index (χ0v) is 19.3. The molecule has 0 aliphatic carbocycles. The monoisotopic (exact) mass is 449 g/mol. The van der Waals surface area contributed by atoms with Crippen molar-refractivity contribution in [1.82, 2.24) is 14.5 Å². The first kappa shape index (κ1) is 22.1. The van der Waals surface area contributed by atoms with Gasteiger partial charge in [-0.05, 0) is 23.1 Å². The highest BCUT2D eigenvalue weighted by molar-refractivity contribution is 7.98. The number of fused-ring (bicyclic) bond motifs is 1. The maximum absolute atomic E-state index is 14.0. The second-order valence-corrected chi connectivity index (χ2v) is 9.94. The summed E-state index contributed by atoms with van der Waals surface area (Å²) in [7, 11) is 0. The standard InChI is InChI=1S/C25H27N3O3S/c1-25(2,3)21-20-19(14-15-27(21)24(30)31)26-23(32-16-17-10-6-4-7-11-17)28(22(20)29)18-12-8-5-9-13-18/h4-13,21H,14-16H2,1-3H3,(H,30,31).